The second-order valence-electron chi connectivity index (χ2n) is 11.1. The predicted octanol–water partition coefficient (Wildman–Crippen LogP) is 6.59. The van der Waals surface area contributed by atoms with Crippen molar-refractivity contribution in [1.29, 1.82) is 0 Å². The first-order chi connectivity index (χ1) is 19.8. The molecule has 7 nitrogen and oxygen atoms in total. The van der Waals surface area contributed by atoms with Gasteiger partial charge >= 0.3 is 0 Å². The minimum Gasteiger partial charge on any atom is -0.352 e. The zero-order valence-corrected chi connectivity index (χ0v) is 26.7. The zero-order chi connectivity index (χ0) is 30.6. The maximum Gasteiger partial charge on any atom is 0.264 e. The molecular formula is C32H37Cl2N3O4S. The minimum atomic E-state index is -4.14. The molecule has 0 radical (unpaired) electrons. The third-order valence-corrected chi connectivity index (χ3v) is 9.98. The number of sulfonamides is 1. The third-order valence-electron chi connectivity index (χ3n) is 7.61. The Balaban J connectivity index is 1.73. The fraction of sp³-hybridized carbons (Fsp3) is 0.375. The fourth-order valence-electron chi connectivity index (χ4n) is 5.27. The zero-order valence-electron chi connectivity index (χ0n) is 24.4. The highest BCUT2D eigenvalue weighted by Gasteiger charge is 2.33. The van der Waals surface area contributed by atoms with Crippen LogP contribution in [0.2, 0.25) is 10.0 Å². The molecule has 4 rings (SSSR count). The summed E-state index contributed by atoms with van der Waals surface area (Å²) in [7, 11) is -4.14. The van der Waals surface area contributed by atoms with Crippen molar-refractivity contribution in [2.24, 2.45) is 0 Å². The number of halogens is 2. The van der Waals surface area contributed by atoms with E-state index >= 15 is 0 Å². The van der Waals surface area contributed by atoms with Crippen molar-refractivity contribution < 1.29 is 18.0 Å². The van der Waals surface area contributed by atoms with Gasteiger partial charge in [-0.1, -0.05) is 65.9 Å². The summed E-state index contributed by atoms with van der Waals surface area (Å²) in [5, 5.41) is 3.86. The molecule has 224 valence electrons. The standard InChI is InChI=1S/C32H37Cl2N3O4S/c1-21-9-13-29(14-10-21)42(40,41)37(28-16-22(2)15-23(3)17-28)20-31(38)36(19-25-11-12-26(33)18-30(25)34)24(4)32(39)35-27-7-5-6-8-27/h9-18,24,27H,5-8,19-20H2,1-4H3,(H,35,39)/t24-/m0/s1. The van der Waals surface area contributed by atoms with E-state index in [1.54, 1.807) is 49.4 Å². The number of carbonyl (C=O) groups excluding carboxylic acids is 2. The SMILES string of the molecule is Cc1ccc(S(=O)(=O)N(CC(=O)N(Cc2ccc(Cl)cc2Cl)[C@@H](C)C(=O)NC2CCCC2)c2cc(C)cc(C)c2)cc1. The Bertz CT molecular complexity index is 1530. The highest BCUT2D eigenvalue weighted by atomic mass is 35.5. The van der Waals surface area contributed by atoms with Gasteiger partial charge in [0, 0.05) is 22.6 Å². The number of benzene rings is 3. The molecule has 0 unspecified atom stereocenters. The first kappa shape index (κ1) is 31.9. The number of hydrogen-bond donors (Lipinski definition) is 1. The average Bonchev–Trinajstić information content (AvgIpc) is 3.43. The third kappa shape index (κ3) is 7.65. The molecule has 1 atom stereocenters. The van der Waals surface area contributed by atoms with Gasteiger partial charge in [-0.05, 0) is 93.6 Å². The smallest absolute Gasteiger partial charge is 0.264 e. The van der Waals surface area contributed by atoms with Crippen LogP contribution in [0.4, 0.5) is 5.69 Å². The van der Waals surface area contributed by atoms with Crippen LogP contribution in [0.5, 0.6) is 0 Å². The van der Waals surface area contributed by atoms with Crippen molar-refractivity contribution in [3.63, 3.8) is 0 Å². The molecule has 3 aromatic carbocycles. The van der Waals surface area contributed by atoms with E-state index in [0.29, 0.717) is 21.3 Å². The number of nitrogens with one attached hydrogen (secondary N) is 1. The van der Waals surface area contributed by atoms with Crippen LogP contribution in [-0.4, -0.2) is 43.8 Å². The maximum absolute atomic E-state index is 14.2. The molecular weight excluding hydrogens is 593 g/mol. The summed E-state index contributed by atoms with van der Waals surface area (Å²) < 4.78 is 29.2. The number of amides is 2. The van der Waals surface area contributed by atoms with E-state index in [4.69, 9.17) is 23.2 Å². The lowest BCUT2D eigenvalue weighted by Gasteiger charge is -2.33. The Hall–Kier alpha value is -3.07. The van der Waals surface area contributed by atoms with Crippen molar-refractivity contribution >= 4 is 50.7 Å². The Morgan fingerprint density at radius 1 is 0.905 bits per heavy atom. The molecule has 3 aromatic rings. The average molecular weight is 631 g/mol. The summed E-state index contributed by atoms with van der Waals surface area (Å²) in [6.07, 6.45) is 3.88. The number of anilines is 1. The van der Waals surface area contributed by atoms with Crippen LogP contribution in [0.3, 0.4) is 0 Å². The van der Waals surface area contributed by atoms with E-state index in [1.807, 2.05) is 26.8 Å². The number of aryl methyl sites for hydroxylation is 3. The van der Waals surface area contributed by atoms with Crippen molar-refractivity contribution in [3.8, 4) is 0 Å². The van der Waals surface area contributed by atoms with Crippen LogP contribution in [0, 0.1) is 20.8 Å². The lowest BCUT2D eigenvalue weighted by molar-refractivity contribution is -0.139. The molecule has 1 N–H and O–H groups in total. The summed E-state index contributed by atoms with van der Waals surface area (Å²) >= 11 is 12.6. The highest BCUT2D eigenvalue weighted by Crippen LogP contribution is 2.28. The molecule has 42 heavy (non-hydrogen) atoms. The Kier molecular flexibility index (Phi) is 10.2. The molecule has 0 saturated heterocycles. The summed E-state index contributed by atoms with van der Waals surface area (Å²) in [5.74, 6) is -0.829. The second-order valence-corrected chi connectivity index (χ2v) is 13.8. The van der Waals surface area contributed by atoms with E-state index in [1.165, 1.54) is 17.0 Å². The Morgan fingerprint density at radius 2 is 1.52 bits per heavy atom. The summed E-state index contributed by atoms with van der Waals surface area (Å²) in [6, 6.07) is 16.1. The Morgan fingerprint density at radius 3 is 2.12 bits per heavy atom. The summed E-state index contributed by atoms with van der Waals surface area (Å²) in [6.45, 7) is 6.77. The molecule has 0 aliphatic heterocycles. The molecule has 1 aliphatic rings. The normalized spacial score (nSPS) is 14.4. The molecule has 1 fully saturated rings. The van der Waals surface area contributed by atoms with Crippen LogP contribution in [0.1, 0.15) is 54.9 Å². The van der Waals surface area contributed by atoms with Crippen LogP contribution < -0.4 is 9.62 Å². The molecule has 0 aromatic heterocycles. The second kappa shape index (κ2) is 13.5. The molecule has 0 spiro atoms. The van der Waals surface area contributed by atoms with E-state index in [-0.39, 0.29) is 23.4 Å². The quantitative estimate of drug-likeness (QED) is 0.274. The van der Waals surface area contributed by atoms with Crippen LogP contribution in [-0.2, 0) is 26.2 Å². The van der Waals surface area contributed by atoms with Crippen molar-refractivity contribution in [1.82, 2.24) is 10.2 Å². The first-order valence-corrected chi connectivity index (χ1v) is 16.3. The van der Waals surface area contributed by atoms with Crippen molar-refractivity contribution in [2.75, 3.05) is 10.8 Å². The van der Waals surface area contributed by atoms with Gasteiger partial charge in [-0.15, -0.1) is 0 Å². The maximum atomic E-state index is 14.2. The van der Waals surface area contributed by atoms with Gasteiger partial charge in [-0.3, -0.25) is 13.9 Å². The van der Waals surface area contributed by atoms with Gasteiger partial charge in [0.2, 0.25) is 11.8 Å². The van der Waals surface area contributed by atoms with Crippen molar-refractivity contribution in [3.05, 3.63) is 93.0 Å². The number of nitrogens with zero attached hydrogens (tertiary/aromatic N) is 2. The number of rotatable bonds is 10. The van der Waals surface area contributed by atoms with E-state index in [0.717, 1.165) is 46.7 Å². The number of carbonyl (C=O) groups is 2. The fourth-order valence-corrected chi connectivity index (χ4v) is 7.13. The lowest BCUT2D eigenvalue weighted by Crippen LogP contribution is -2.52. The van der Waals surface area contributed by atoms with Crippen LogP contribution in [0.25, 0.3) is 0 Å². The lowest BCUT2D eigenvalue weighted by atomic mass is 10.1. The number of hydrogen-bond acceptors (Lipinski definition) is 4. The van der Waals surface area contributed by atoms with Crippen LogP contribution >= 0.6 is 23.2 Å². The van der Waals surface area contributed by atoms with Gasteiger partial charge in [0.05, 0.1) is 10.6 Å². The first-order valence-electron chi connectivity index (χ1n) is 14.1. The molecule has 1 aliphatic carbocycles. The molecule has 10 heteroatoms. The summed E-state index contributed by atoms with van der Waals surface area (Å²) in [4.78, 5) is 29.0. The van der Waals surface area contributed by atoms with Gasteiger partial charge in [-0.2, -0.15) is 0 Å². The Labute approximate surface area is 258 Å². The molecule has 2 amide bonds. The van der Waals surface area contributed by atoms with E-state index in [9.17, 15) is 18.0 Å². The van der Waals surface area contributed by atoms with Gasteiger partial charge in [0.15, 0.2) is 0 Å². The van der Waals surface area contributed by atoms with Crippen molar-refractivity contribution in [2.45, 2.75) is 76.9 Å². The topological polar surface area (TPSA) is 86.8 Å². The largest absolute Gasteiger partial charge is 0.352 e. The van der Waals surface area contributed by atoms with Gasteiger partial charge in [-0.25, -0.2) is 8.42 Å². The highest BCUT2D eigenvalue weighted by molar-refractivity contribution is 7.92. The minimum absolute atomic E-state index is 0.000641. The van der Waals surface area contributed by atoms with Gasteiger partial charge in [0.25, 0.3) is 10.0 Å². The predicted molar refractivity (Wildman–Crippen MR) is 168 cm³/mol. The van der Waals surface area contributed by atoms with Gasteiger partial charge in [0.1, 0.15) is 12.6 Å². The molecule has 0 bridgehead atoms. The monoisotopic (exact) mass is 629 g/mol. The summed E-state index contributed by atoms with van der Waals surface area (Å²) in [5.41, 5.74) is 3.59. The molecule has 0 heterocycles. The molecule has 1 saturated carbocycles. The van der Waals surface area contributed by atoms with E-state index in [2.05, 4.69) is 5.32 Å². The van der Waals surface area contributed by atoms with Crippen LogP contribution in [0.15, 0.2) is 65.6 Å². The van der Waals surface area contributed by atoms with E-state index < -0.39 is 28.5 Å². The van der Waals surface area contributed by atoms with Gasteiger partial charge < -0.3 is 10.2 Å².